The minimum Gasteiger partial charge on any atom is -0.342 e. The second-order valence-corrected chi connectivity index (χ2v) is 10.6. The third-order valence-corrected chi connectivity index (χ3v) is 8.67. The first-order chi connectivity index (χ1) is 13.1. The molecule has 0 aromatic carbocycles. The van der Waals surface area contributed by atoms with Gasteiger partial charge in [-0.3, -0.25) is 4.79 Å². The highest BCUT2D eigenvalue weighted by Crippen LogP contribution is 2.64. The Morgan fingerprint density at radius 2 is 1.96 bits per heavy atom. The van der Waals surface area contributed by atoms with Gasteiger partial charge in [-0.15, -0.1) is 12.4 Å². The minimum absolute atomic E-state index is 0. The fourth-order valence-corrected chi connectivity index (χ4v) is 8.01. The Balaban J connectivity index is 0.00000171. The number of likely N-dealkylation sites (tertiary alicyclic amines) is 1. The van der Waals surface area contributed by atoms with Gasteiger partial charge in [0.25, 0.3) is 0 Å². The van der Waals surface area contributed by atoms with Crippen molar-refractivity contribution >= 4 is 18.3 Å². The van der Waals surface area contributed by atoms with Gasteiger partial charge in [0.05, 0.1) is 11.0 Å². The quantitative estimate of drug-likeness (QED) is 0.821. The summed E-state index contributed by atoms with van der Waals surface area (Å²) in [5.74, 6) is 1.85. The molecule has 28 heavy (non-hydrogen) atoms. The molecule has 4 aliphatic carbocycles. The number of halogens is 1. The maximum Gasteiger partial charge on any atom is 0.228 e. The van der Waals surface area contributed by atoms with E-state index in [9.17, 15) is 4.79 Å². The standard InChI is InChI=1S/C21H31N5O.ClH/c27-18(25-5-3-19(13-25)2-1-4-22-12-19)20-7-16-6-17(8-20)10-21(9-16,11-20)26-15-23-14-24-26;/h14-17,22H,1-13H2;1H. The van der Waals surface area contributed by atoms with E-state index in [2.05, 4.69) is 25.0 Å². The molecule has 1 aromatic rings. The number of aromatic nitrogens is 3. The van der Waals surface area contributed by atoms with Crippen LogP contribution in [-0.4, -0.2) is 51.8 Å². The van der Waals surface area contributed by atoms with Crippen LogP contribution in [0.3, 0.4) is 0 Å². The summed E-state index contributed by atoms with van der Waals surface area (Å²) >= 11 is 0. The highest BCUT2D eigenvalue weighted by Gasteiger charge is 2.63. The first-order valence-corrected chi connectivity index (χ1v) is 11.0. The fraction of sp³-hybridized carbons (Fsp3) is 0.857. The Kier molecular flexibility index (Phi) is 4.33. The van der Waals surface area contributed by atoms with E-state index in [0.29, 0.717) is 23.2 Å². The molecule has 6 fully saturated rings. The maximum absolute atomic E-state index is 13.9. The van der Waals surface area contributed by atoms with Gasteiger partial charge in [0.1, 0.15) is 12.7 Å². The van der Waals surface area contributed by atoms with Crippen LogP contribution < -0.4 is 5.32 Å². The van der Waals surface area contributed by atoms with Crippen molar-refractivity contribution in [1.82, 2.24) is 25.0 Å². The van der Waals surface area contributed by atoms with Crippen LogP contribution in [0.15, 0.2) is 12.7 Å². The number of amides is 1. The molecule has 3 heterocycles. The zero-order valence-electron chi connectivity index (χ0n) is 16.6. The smallest absolute Gasteiger partial charge is 0.228 e. The number of nitrogens with one attached hydrogen (secondary N) is 1. The lowest BCUT2D eigenvalue weighted by atomic mass is 9.46. The normalized spacial score (nSPS) is 44.1. The molecule has 3 atom stereocenters. The first-order valence-electron chi connectivity index (χ1n) is 11.0. The second-order valence-electron chi connectivity index (χ2n) is 10.6. The molecule has 6 aliphatic rings. The van der Waals surface area contributed by atoms with Crippen LogP contribution in [0.1, 0.15) is 57.8 Å². The molecule has 7 rings (SSSR count). The van der Waals surface area contributed by atoms with Crippen molar-refractivity contribution in [3.63, 3.8) is 0 Å². The summed E-state index contributed by atoms with van der Waals surface area (Å²) in [6.45, 7) is 4.18. The van der Waals surface area contributed by atoms with Gasteiger partial charge in [-0.05, 0) is 76.2 Å². The van der Waals surface area contributed by atoms with Gasteiger partial charge in [0.2, 0.25) is 5.91 Å². The lowest BCUT2D eigenvalue weighted by molar-refractivity contribution is -0.166. The average molecular weight is 406 g/mol. The lowest BCUT2D eigenvalue weighted by Crippen LogP contribution is -2.61. The zero-order chi connectivity index (χ0) is 18.1. The van der Waals surface area contributed by atoms with E-state index in [1.165, 1.54) is 38.5 Å². The van der Waals surface area contributed by atoms with Gasteiger partial charge in [0.15, 0.2) is 0 Å². The second kappa shape index (κ2) is 6.43. The van der Waals surface area contributed by atoms with Gasteiger partial charge in [-0.25, -0.2) is 9.67 Å². The van der Waals surface area contributed by atoms with E-state index in [-0.39, 0.29) is 23.4 Å². The number of nitrogens with zero attached hydrogens (tertiary/aromatic N) is 4. The molecule has 4 saturated carbocycles. The Morgan fingerprint density at radius 3 is 2.64 bits per heavy atom. The van der Waals surface area contributed by atoms with E-state index in [0.717, 1.165) is 45.4 Å². The molecule has 2 aliphatic heterocycles. The number of carbonyl (C=O) groups is 1. The summed E-state index contributed by atoms with van der Waals surface area (Å²) < 4.78 is 2.11. The molecule has 1 amide bonds. The summed E-state index contributed by atoms with van der Waals surface area (Å²) in [6, 6.07) is 0. The summed E-state index contributed by atoms with van der Waals surface area (Å²) in [5.41, 5.74) is 0.253. The summed E-state index contributed by atoms with van der Waals surface area (Å²) in [5, 5.41) is 8.12. The van der Waals surface area contributed by atoms with Crippen LogP contribution in [0.2, 0.25) is 0 Å². The number of rotatable bonds is 2. The van der Waals surface area contributed by atoms with E-state index >= 15 is 0 Å². The Bertz CT molecular complexity index is 730. The topological polar surface area (TPSA) is 63.1 Å². The van der Waals surface area contributed by atoms with E-state index in [4.69, 9.17) is 0 Å². The lowest BCUT2D eigenvalue weighted by Gasteiger charge is -2.61. The van der Waals surface area contributed by atoms with Gasteiger partial charge in [-0.2, -0.15) is 5.10 Å². The van der Waals surface area contributed by atoms with Crippen molar-refractivity contribution in [3.8, 4) is 0 Å². The molecule has 4 bridgehead atoms. The zero-order valence-corrected chi connectivity index (χ0v) is 17.4. The van der Waals surface area contributed by atoms with E-state index in [1.807, 2.05) is 6.33 Å². The van der Waals surface area contributed by atoms with Crippen molar-refractivity contribution in [3.05, 3.63) is 12.7 Å². The van der Waals surface area contributed by atoms with Crippen molar-refractivity contribution in [2.75, 3.05) is 26.2 Å². The average Bonchev–Trinajstić information content (AvgIpc) is 3.32. The summed E-state index contributed by atoms with van der Waals surface area (Å²) in [4.78, 5) is 20.4. The minimum atomic E-state index is -0.135. The molecule has 3 unspecified atom stereocenters. The molecular formula is C21H32ClN5O. The molecule has 0 radical (unpaired) electrons. The van der Waals surface area contributed by atoms with Crippen LogP contribution in [0.5, 0.6) is 0 Å². The Morgan fingerprint density at radius 1 is 1.14 bits per heavy atom. The summed E-state index contributed by atoms with van der Waals surface area (Å²) in [6.07, 6.45) is 14.2. The molecular weight excluding hydrogens is 374 g/mol. The van der Waals surface area contributed by atoms with E-state index in [1.54, 1.807) is 6.33 Å². The summed E-state index contributed by atoms with van der Waals surface area (Å²) in [7, 11) is 0. The number of hydrogen-bond acceptors (Lipinski definition) is 4. The first kappa shape index (κ1) is 18.9. The van der Waals surface area contributed by atoms with Crippen molar-refractivity contribution in [2.24, 2.45) is 22.7 Å². The predicted octanol–water partition coefficient (Wildman–Crippen LogP) is 2.60. The SMILES string of the molecule is Cl.O=C(N1CCC2(CCCNC2)C1)C12CC3CC(C1)CC(n1cncn1)(C3)C2. The Hall–Kier alpha value is -1.14. The third-order valence-electron chi connectivity index (χ3n) is 8.67. The fourth-order valence-electron chi connectivity index (χ4n) is 8.01. The molecule has 154 valence electrons. The number of piperidine rings is 1. The van der Waals surface area contributed by atoms with Crippen LogP contribution in [0.25, 0.3) is 0 Å². The van der Waals surface area contributed by atoms with Gasteiger partial charge in [-0.1, -0.05) is 0 Å². The number of carbonyl (C=O) groups excluding carboxylic acids is 1. The van der Waals surface area contributed by atoms with Crippen LogP contribution >= 0.6 is 12.4 Å². The highest BCUT2D eigenvalue weighted by atomic mass is 35.5. The number of hydrogen-bond donors (Lipinski definition) is 1. The van der Waals surface area contributed by atoms with Crippen LogP contribution in [-0.2, 0) is 10.3 Å². The van der Waals surface area contributed by atoms with Gasteiger partial charge >= 0.3 is 0 Å². The third kappa shape index (κ3) is 2.67. The monoisotopic (exact) mass is 405 g/mol. The van der Waals surface area contributed by atoms with Crippen molar-refractivity contribution < 1.29 is 4.79 Å². The molecule has 2 saturated heterocycles. The molecule has 7 heteroatoms. The highest BCUT2D eigenvalue weighted by molar-refractivity contribution is 5.85. The maximum atomic E-state index is 13.9. The van der Waals surface area contributed by atoms with Gasteiger partial charge in [0, 0.05) is 25.0 Å². The molecule has 1 N–H and O–H groups in total. The molecule has 6 nitrogen and oxygen atoms in total. The Labute approximate surface area is 173 Å². The van der Waals surface area contributed by atoms with Crippen molar-refractivity contribution in [1.29, 1.82) is 0 Å². The molecule has 1 spiro atoms. The molecule has 1 aromatic heterocycles. The largest absolute Gasteiger partial charge is 0.342 e. The van der Waals surface area contributed by atoms with Gasteiger partial charge < -0.3 is 10.2 Å². The van der Waals surface area contributed by atoms with Crippen molar-refractivity contribution in [2.45, 2.75) is 63.3 Å². The van der Waals surface area contributed by atoms with Crippen LogP contribution in [0.4, 0.5) is 0 Å². The van der Waals surface area contributed by atoms with E-state index < -0.39 is 0 Å². The van der Waals surface area contributed by atoms with Crippen LogP contribution in [0, 0.1) is 22.7 Å². The predicted molar refractivity (Wildman–Crippen MR) is 108 cm³/mol.